The fraction of sp³-hybridized carbons (Fsp3) is 0.292. The van der Waals surface area contributed by atoms with Gasteiger partial charge in [0.15, 0.2) is 0 Å². The van der Waals surface area contributed by atoms with Gasteiger partial charge in [-0.1, -0.05) is 43.7 Å². The minimum Gasteiger partial charge on any atom is -0.463 e. The molecular weight excluding hydrogens is 412 g/mol. The molecule has 0 saturated heterocycles. The Bertz CT molecular complexity index is 1330. The molecule has 1 aromatic carbocycles. The molecule has 0 N–H and O–H groups in total. The van der Waals surface area contributed by atoms with Crippen LogP contribution < -0.4 is 5.56 Å². The monoisotopic (exact) mass is 436 g/mol. The highest BCUT2D eigenvalue weighted by atomic mass is 32.1. The van der Waals surface area contributed by atoms with Gasteiger partial charge in [0.05, 0.1) is 19.0 Å². The molecule has 4 rings (SSSR count). The van der Waals surface area contributed by atoms with Gasteiger partial charge < -0.3 is 9.15 Å². The van der Waals surface area contributed by atoms with E-state index in [1.165, 1.54) is 7.11 Å². The minimum absolute atomic E-state index is 0.0392. The van der Waals surface area contributed by atoms with Gasteiger partial charge >= 0.3 is 5.97 Å². The number of fused-ring (bicyclic) bond motifs is 1. The number of ether oxygens (including phenoxy) is 1. The second kappa shape index (κ2) is 8.15. The SMILES string of the molecule is COC(=O)c1ccc(Cn2c(C(C)C)nc3sc(C)c(-c4ccc(C)cc4)c3c2=O)o1. The smallest absolute Gasteiger partial charge is 0.373 e. The molecule has 0 spiro atoms. The largest absolute Gasteiger partial charge is 0.463 e. The average molecular weight is 437 g/mol. The van der Waals surface area contributed by atoms with Gasteiger partial charge in [-0.3, -0.25) is 9.36 Å². The molecule has 31 heavy (non-hydrogen) atoms. The summed E-state index contributed by atoms with van der Waals surface area (Å²) in [5, 5.41) is 0.621. The molecule has 3 heterocycles. The molecule has 0 bridgehead atoms. The van der Waals surface area contributed by atoms with E-state index in [1.807, 2.05) is 52.0 Å². The fourth-order valence-electron chi connectivity index (χ4n) is 3.70. The summed E-state index contributed by atoms with van der Waals surface area (Å²) in [7, 11) is 1.30. The summed E-state index contributed by atoms with van der Waals surface area (Å²) in [5.74, 6) is 0.778. The van der Waals surface area contributed by atoms with Gasteiger partial charge in [0.25, 0.3) is 5.56 Å². The number of carbonyl (C=O) groups is 1. The minimum atomic E-state index is -0.550. The van der Waals surface area contributed by atoms with Crippen molar-refractivity contribution >= 4 is 27.5 Å². The van der Waals surface area contributed by atoms with Crippen LogP contribution >= 0.6 is 11.3 Å². The van der Waals surface area contributed by atoms with Crippen molar-refractivity contribution in [2.24, 2.45) is 0 Å². The maximum atomic E-state index is 13.7. The highest BCUT2D eigenvalue weighted by molar-refractivity contribution is 7.19. The lowest BCUT2D eigenvalue weighted by atomic mass is 10.0. The summed E-state index contributed by atoms with van der Waals surface area (Å²) in [6, 6.07) is 11.4. The summed E-state index contributed by atoms with van der Waals surface area (Å²) in [6.07, 6.45) is 0. The molecule has 0 amide bonds. The Balaban J connectivity index is 1.90. The number of aryl methyl sites for hydroxylation is 2. The molecule has 6 nitrogen and oxygen atoms in total. The van der Waals surface area contributed by atoms with Crippen LogP contribution in [0.1, 0.15) is 52.3 Å². The van der Waals surface area contributed by atoms with E-state index in [1.54, 1.807) is 28.0 Å². The van der Waals surface area contributed by atoms with E-state index in [-0.39, 0.29) is 23.8 Å². The number of hydrogen-bond donors (Lipinski definition) is 0. The van der Waals surface area contributed by atoms with Gasteiger partial charge in [0.2, 0.25) is 5.76 Å². The molecule has 0 saturated carbocycles. The molecule has 4 aromatic rings. The Kier molecular flexibility index (Phi) is 5.54. The predicted molar refractivity (Wildman–Crippen MR) is 122 cm³/mol. The summed E-state index contributed by atoms with van der Waals surface area (Å²) in [5.41, 5.74) is 2.99. The first-order chi connectivity index (χ1) is 14.8. The Morgan fingerprint density at radius 3 is 2.52 bits per heavy atom. The van der Waals surface area contributed by atoms with Crippen LogP contribution in [0.2, 0.25) is 0 Å². The molecule has 0 fully saturated rings. The second-order valence-corrected chi connectivity index (χ2v) is 9.06. The molecule has 0 atom stereocenters. The molecule has 0 radical (unpaired) electrons. The Hall–Kier alpha value is -3.19. The van der Waals surface area contributed by atoms with Crippen LogP contribution in [0.25, 0.3) is 21.3 Å². The van der Waals surface area contributed by atoms with E-state index < -0.39 is 5.97 Å². The van der Waals surface area contributed by atoms with Gasteiger partial charge in [0.1, 0.15) is 16.4 Å². The maximum Gasteiger partial charge on any atom is 0.373 e. The Morgan fingerprint density at radius 2 is 1.87 bits per heavy atom. The zero-order valence-corrected chi connectivity index (χ0v) is 19.0. The van der Waals surface area contributed by atoms with Crippen LogP contribution in [-0.4, -0.2) is 22.6 Å². The third-order valence-electron chi connectivity index (χ3n) is 5.24. The van der Waals surface area contributed by atoms with Crippen LogP contribution in [0, 0.1) is 13.8 Å². The number of thiophene rings is 1. The summed E-state index contributed by atoms with van der Waals surface area (Å²) in [4.78, 5) is 32.1. The average Bonchev–Trinajstić information content (AvgIpc) is 3.34. The van der Waals surface area contributed by atoms with Crippen LogP contribution in [-0.2, 0) is 11.3 Å². The van der Waals surface area contributed by atoms with Crippen molar-refractivity contribution in [3.63, 3.8) is 0 Å². The molecule has 7 heteroatoms. The highest BCUT2D eigenvalue weighted by Gasteiger charge is 2.22. The number of benzene rings is 1. The van der Waals surface area contributed by atoms with Crippen LogP contribution in [0.5, 0.6) is 0 Å². The first-order valence-electron chi connectivity index (χ1n) is 10.1. The molecule has 0 unspecified atom stereocenters. The van der Waals surface area contributed by atoms with Crippen LogP contribution in [0.3, 0.4) is 0 Å². The van der Waals surface area contributed by atoms with E-state index in [2.05, 4.69) is 0 Å². The van der Waals surface area contributed by atoms with Crippen molar-refractivity contribution in [1.29, 1.82) is 0 Å². The second-order valence-electron chi connectivity index (χ2n) is 7.85. The van der Waals surface area contributed by atoms with Crippen molar-refractivity contribution in [1.82, 2.24) is 9.55 Å². The van der Waals surface area contributed by atoms with Gasteiger partial charge in [-0.2, -0.15) is 0 Å². The van der Waals surface area contributed by atoms with E-state index >= 15 is 0 Å². The third kappa shape index (κ3) is 3.81. The van der Waals surface area contributed by atoms with Crippen molar-refractivity contribution in [2.75, 3.05) is 7.11 Å². The predicted octanol–water partition coefficient (Wildman–Crippen LogP) is 5.29. The van der Waals surface area contributed by atoms with Gasteiger partial charge in [0, 0.05) is 16.4 Å². The lowest BCUT2D eigenvalue weighted by molar-refractivity contribution is 0.0563. The topological polar surface area (TPSA) is 74.3 Å². The van der Waals surface area contributed by atoms with Crippen molar-refractivity contribution < 1.29 is 13.9 Å². The molecular formula is C24H24N2O4S. The number of carbonyl (C=O) groups excluding carboxylic acids is 1. The lowest BCUT2D eigenvalue weighted by Gasteiger charge is -2.14. The standard InChI is InChI=1S/C24H24N2O4S/c1-13(2)21-25-22-20(19(15(4)31-22)16-8-6-14(3)7-9-16)23(27)26(21)12-17-10-11-18(30-17)24(28)29-5/h6-11,13H,12H2,1-5H3. The lowest BCUT2D eigenvalue weighted by Crippen LogP contribution is -2.26. The number of esters is 1. The van der Waals surface area contributed by atoms with E-state index in [0.29, 0.717) is 17.0 Å². The zero-order valence-electron chi connectivity index (χ0n) is 18.2. The number of furan rings is 1. The van der Waals surface area contributed by atoms with Gasteiger partial charge in [-0.25, -0.2) is 9.78 Å². The first-order valence-corrected chi connectivity index (χ1v) is 10.9. The van der Waals surface area contributed by atoms with Crippen LogP contribution in [0.15, 0.2) is 45.6 Å². The highest BCUT2D eigenvalue weighted by Crippen LogP contribution is 2.36. The normalized spacial score (nSPS) is 11.4. The van der Waals surface area contributed by atoms with Crippen LogP contribution in [0.4, 0.5) is 0 Å². The third-order valence-corrected chi connectivity index (χ3v) is 6.24. The summed E-state index contributed by atoms with van der Waals surface area (Å²) in [6.45, 7) is 8.27. The first kappa shape index (κ1) is 21.1. The van der Waals surface area contributed by atoms with Gasteiger partial charge in [-0.05, 0) is 31.5 Å². The molecule has 0 aliphatic heterocycles. The molecule has 160 valence electrons. The zero-order chi connectivity index (χ0) is 22.3. The van der Waals surface area contributed by atoms with Crippen molar-refractivity contribution in [3.8, 4) is 11.1 Å². The number of hydrogen-bond acceptors (Lipinski definition) is 6. The quantitative estimate of drug-likeness (QED) is 0.397. The Labute approximate surface area is 184 Å². The maximum absolute atomic E-state index is 13.7. The molecule has 0 aliphatic carbocycles. The number of nitrogens with zero attached hydrogens (tertiary/aromatic N) is 2. The van der Waals surface area contributed by atoms with E-state index in [0.717, 1.165) is 26.4 Å². The number of methoxy groups -OCH3 is 1. The summed E-state index contributed by atoms with van der Waals surface area (Å²) < 4.78 is 12.0. The number of rotatable bonds is 5. The number of aromatic nitrogens is 2. The van der Waals surface area contributed by atoms with E-state index in [9.17, 15) is 9.59 Å². The summed E-state index contributed by atoms with van der Waals surface area (Å²) >= 11 is 1.54. The molecule has 3 aromatic heterocycles. The molecule has 0 aliphatic rings. The van der Waals surface area contributed by atoms with Crippen molar-refractivity contribution in [2.45, 2.75) is 40.2 Å². The Morgan fingerprint density at radius 1 is 1.16 bits per heavy atom. The van der Waals surface area contributed by atoms with Crippen molar-refractivity contribution in [3.05, 3.63) is 74.5 Å². The van der Waals surface area contributed by atoms with E-state index in [4.69, 9.17) is 14.1 Å². The van der Waals surface area contributed by atoms with Gasteiger partial charge in [-0.15, -0.1) is 11.3 Å². The fourth-order valence-corrected chi connectivity index (χ4v) is 4.74.